The average molecular weight is 359 g/mol. The lowest BCUT2D eigenvalue weighted by Crippen LogP contribution is -2.25. The molecule has 1 unspecified atom stereocenters. The van der Waals surface area contributed by atoms with Crippen molar-refractivity contribution >= 4 is 15.9 Å². The summed E-state index contributed by atoms with van der Waals surface area (Å²) in [6.07, 6.45) is 1.93. The first-order valence-electron chi connectivity index (χ1n) is 6.49. The van der Waals surface area contributed by atoms with Crippen LogP contribution in [-0.4, -0.2) is 11.5 Å². The number of hydrogen-bond donors (Lipinski definition) is 1. The molecule has 0 spiro atoms. The highest BCUT2D eigenvalue weighted by Gasteiger charge is 2.21. The van der Waals surface area contributed by atoms with Gasteiger partial charge in [0.05, 0.1) is 0 Å². The van der Waals surface area contributed by atoms with Crippen molar-refractivity contribution in [1.82, 2.24) is 10.3 Å². The van der Waals surface area contributed by atoms with Gasteiger partial charge in [-0.3, -0.25) is 4.98 Å². The van der Waals surface area contributed by atoms with E-state index in [1.54, 1.807) is 12.3 Å². The van der Waals surface area contributed by atoms with E-state index in [-0.39, 0.29) is 5.56 Å². The Morgan fingerprint density at radius 2 is 1.86 bits per heavy atom. The van der Waals surface area contributed by atoms with E-state index in [9.17, 15) is 13.2 Å². The molecule has 0 amide bonds. The third kappa shape index (κ3) is 4.04. The minimum atomic E-state index is -0.925. The highest BCUT2D eigenvalue weighted by Crippen LogP contribution is 2.25. The van der Waals surface area contributed by atoms with Gasteiger partial charge in [-0.15, -0.1) is 0 Å². The number of halogens is 4. The van der Waals surface area contributed by atoms with E-state index in [0.29, 0.717) is 30.8 Å². The minimum Gasteiger partial charge on any atom is -0.310 e. The van der Waals surface area contributed by atoms with Gasteiger partial charge >= 0.3 is 0 Å². The van der Waals surface area contributed by atoms with E-state index in [4.69, 9.17) is 0 Å². The van der Waals surface area contributed by atoms with Crippen LogP contribution in [0.1, 0.15) is 24.2 Å². The molecule has 0 aliphatic rings. The summed E-state index contributed by atoms with van der Waals surface area (Å²) >= 11 is 3.28. The van der Waals surface area contributed by atoms with Gasteiger partial charge in [-0.2, -0.15) is 0 Å². The van der Waals surface area contributed by atoms with E-state index in [0.717, 1.165) is 4.47 Å². The van der Waals surface area contributed by atoms with Gasteiger partial charge in [-0.25, -0.2) is 13.2 Å². The van der Waals surface area contributed by atoms with Crippen LogP contribution < -0.4 is 5.32 Å². The lowest BCUT2D eigenvalue weighted by molar-refractivity contribution is 0.460. The zero-order valence-corrected chi connectivity index (χ0v) is 12.9. The fourth-order valence-electron chi connectivity index (χ4n) is 2.15. The fourth-order valence-corrected chi connectivity index (χ4v) is 2.38. The van der Waals surface area contributed by atoms with Crippen LogP contribution in [-0.2, 0) is 6.42 Å². The lowest BCUT2D eigenvalue weighted by atomic mass is 10.00. The second kappa shape index (κ2) is 7.04. The van der Waals surface area contributed by atoms with Crippen molar-refractivity contribution in [1.29, 1.82) is 0 Å². The van der Waals surface area contributed by atoms with Crippen LogP contribution in [0.3, 0.4) is 0 Å². The van der Waals surface area contributed by atoms with Crippen molar-refractivity contribution in [3.8, 4) is 0 Å². The quantitative estimate of drug-likeness (QED) is 0.868. The van der Waals surface area contributed by atoms with Gasteiger partial charge in [0.15, 0.2) is 0 Å². The average Bonchev–Trinajstić information content (AvgIpc) is 2.40. The van der Waals surface area contributed by atoms with Crippen LogP contribution in [0, 0.1) is 17.5 Å². The summed E-state index contributed by atoms with van der Waals surface area (Å²) in [4.78, 5) is 4.20. The van der Waals surface area contributed by atoms with Crippen molar-refractivity contribution in [3.63, 3.8) is 0 Å². The number of rotatable bonds is 5. The SMILES string of the molecule is CCNC(Cc1ccc(Br)cn1)c1c(F)cc(F)cc1F. The van der Waals surface area contributed by atoms with Crippen LogP contribution in [0.15, 0.2) is 34.9 Å². The summed E-state index contributed by atoms with van der Waals surface area (Å²) in [7, 11) is 0. The molecule has 1 heterocycles. The molecule has 2 nitrogen and oxygen atoms in total. The third-order valence-electron chi connectivity index (χ3n) is 3.04. The Bertz CT molecular complexity index is 594. The van der Waals surface area contributed by atoms with Crippen molar-refractivity contribution in [2.75, 3.05) is 6.54 Å². The standard InChI is InChI=1S/C15H14BrF3N2/c1-2-20-14(7-11-4-3-9(16)8-21-11)15-12(18)5-10(17)6-13(15)19/h3-6,8,14,20H,2,7H2,1H3. The molecule has 2 rings (SSSR count). The molecule has 0 saturated carbocycles. The number of nitrogens with zero attached hydrogens (tertiary/aromatic N) is 1. The zero-order chi connectivity index (χ0) is 15.4. The van der Waals surface area contributed by atoms with Gasteiger partial charge in [0, 0.05) is 46.5 Å². The maximum atomic E-state index is 13.9. The van der Waals surface area contributed by atoms with Crippen LogP contribution in [0.2, 0.25) is 0 Å². The highest BCUT2D eigenvalue weighted by molar-refractivity contribution is 9.10. The summed E-state index contributed by atoms with van der Waals surface area (Å²) in [5, 5.41) is 3.01. The molecule has 6 heteroatoms. The second-order valence-electron chi connectivity index (χ2n) is 4.57. The van der Waals surface area contributed by atoms with Crippen molar-refractivity contribution in [2.24, 2.45) is 0 Å². The molecule has 112 valence electrons. The van der Waals surface area contributed by atoms with E-state index in [1.807, 2.05) is 13.0 Å². The third-order valence-corrected chi connectivity index (χ3v) is 3.51. The van der Waals surface area contributed by atoms with Gasteiger partial charge in [0.1, 0.15) is 17.5 Å². The number of hydrogen-bond acceptors (Lipinski definition) is 2. The summed E-state index contributed by atoms with van der Waals surface area (Å²) in [6.45, 7) is 2.36. The number of pyridine rings is 1. The van der Waals surface area contributed by atoms with Gasteiger partial charge < -0.3 is 5.32 Å². The fraction of sp³-hybridized carbons (Fsp3) is 0.267. The van der Waals surface area contributed by atoms with E-state index >= 15 is 0 Å². The van der Waals surface area contributed by atoms with E-state index in [1.165, 1.54) is 0 Å². The molecule has 1 N–H and O–H groups in total. The predicted molar refractivity (Wildman–Crippen MR) is 78.4 cm³/mol. The Morgan fingerprint density at radius 3 is 2.38 bits per heavy atom. The number of likely N-dealkylation sites (N-methyl/N-ethyl adjacent to an activating group) is 1. The molecule has 1 aromatic heterocycles. The smallest absolute Gasteiger partial charge is 0.133 e. The van der Waals surface area contributed by atoms with Crippen molar-refractivity contribution < 1.29 is 13.2 Å². The maximum Gasteiger partial charge on any atom is 0.133 e. The van der Waals surface area contributed by atoms with E-state index in [2.05, 4.69) is 26.2 Å². The molecule has 0 aliphatic heterocycles. The lowest BCUT2D eigenvalue weighted by Gasteiger charge is -2.19. The normalized spacial score (nSPS) is 12.4. The Balaban J connectivity index is 2.33. The summed E-state index contributed by atoms with van der Waals surface area (Å²) in [5.74, 6) is -2.71. The van der Waals surface area contributed by atoms with E-state index < -0.39 is 23.5 Å². The van der Waals surface area contributed by atoms with Crippen LogP contribution in [0.4, 0.5) is 13.2 Å². The summed E-state index contributed by atoms with van der Waals surface area (Å²) in [5.41, 5.74) is 0.523. The Hall–Kier alpha value is -1.40. The number of aromatic nitrogens is 1. The van der Waals surface area contributed by atoms with Gasteiger partial charge in [-0.05, 0) is 34.6 Å². The van der Waals surface area contributed by atoms with Crippen LogP contribution in [0.5, 0.6) is 0 Å². The topological polar surface area (TPSA) is 24.9 Å². The first kappa shape index (κ1) is 16.0. The molecule has 0 fully saturated rings. The number of benzene rings is 1. The molecule has 21 heavy (non-hydrogen) atoms. The Kier molecular flexibility index (Phi) is 5.36. The van der Waals surface area contributed by atoms with Gasteiger partial charge in [-0.1, -0.05) is 6.92 Å². The summed E-state index contributed by atoms with van der Waals surface area (Å²) in [6, 6.07) is 4.36. The highest BCUT2D eigenvalue weighted by atomic mass is 79.9. The zero-order valence-electron chi connectivity index (χ0n) is 11.3. The molecule has 0 bridgehead atoms. The largest absolute Gasteiger partial charge is 0.310 e. The van der Waals surface area contributed by atoms with Crippen LogP contribution >= 0.6 is 15.9 Å². The Morgan fingerprint density at radius 1 is 1.19 bits per heavy atom. The molecular formula is C15H14BrF3N2. The molecule has 1 atom stereocenters. The molecule has 1 aromatic carbocycles. The molecule has 0 radical (unpaired) electrons. The second-order valence-corrected chi connectivity index (χ2v) is 5.48. The maximum absolute atomic E-state index is 13.9. The van der Waals surface area contributed by atoms with Gasteiger partial charge in [0.2, 0.25) is 0 Å². The number of nitrogens with one attached hydrogen (secondary N) is 1. The molecule has 0 saturated heterocycles. The minimum absolute atomic E-state index is 0.164. The summed E-state index contributed by atoms with van der Waals surface area (Å²) < 4.78 is 41.6. The molecule has 0 aliphatic carbocycles. The monoisotopic (exact) mass is 358 g/mol. The predicted octanol–water partition coefficient (Wildman–Crippen LogP) is 4.15. The van der Waals surface area contributed by atoms with Crippen LogP contribution in [0.25, 0.3) is 0 Å². The molecular weight excluding hydrogens is 345 g/mol. The first-order valence-corrected chi connectivity index (χ1v) is 7.28. The first-order chi connectivity index (χ1) is 10.0. The van der Waals surface area contributed by atoms with Crippen molar-refractivity contribution in [2.45, 2.75) is 19.4 Å². The van der Waals surface area contributed by atoms with Crippen molar-refractivity contribution in [3.05, 3.63) is 63.6 Å². The molecule has 2 aromatic rings. The Labute approximate surface area is 129 Å². The van der Waals surface area contributed by atoms with Gasteiger partial charge in [0.25, 0.3) is 0 Å².